The molecule has 0 spiro atoms. The van der Waals surface area contributed by atoms with E-state index in [1.54, 1.807) is 6.07 Å². The Kier molecular flexibility index (Phi) is 6.12. The number of rotatable bonds is 5. The van der Waals surface area contributed by atoms with Crippen molar-refractivity contribution in [1.82, 2.24) is 0 Å². The maximum absolute atomic E-state index is 12.7. The number of benzene rings is 2. The topological polar surface area (TPSA) is 77.5 Å². The van der Waals surface area contributed by atoms with Gasteiger partial charge in [0.1, 0.15) is 0 Å². The van der Waals surface area contributed by atoms with Crippen molar-refractivity contribution >= 4 is 33.2 Å². The number of carbonyl (C=O) groups is 2. The zero-order valence-electron chi connectivity index (χ0n) is 15.8. The van der Waals surface area contributed by atoms with Crippen LogP contribution < -0.4 is 0 Å². The number of esters is 1. The third kappa shape index (κ3) is 4.76. The van der Waals surface area contributed by atoms with E-state index in [0.29, 0.717) is 5.56 Å². The average Bonchev–Trinajstić information content (AvgIpc) is 2.56. The second-order valence-corrected chi connectivity index (χ2v) is 8.97. The van der Waals surface area contributed by atoms with E-state index in [2.05, 4.69) is 0 Å². The molecule has 1 unspecified atom stereocenters. The van der Waals surface area contributed by atoms with Crippen LogP contribution in [-0.4, -0.2) is 32.5 Å². The number of hydrogen-bond acceptors (Lipinski definition) is 5. The van der Waals surface area contributed by atoms with E-state index in [1.807, 2.05) is 26.8 Å². The largest absolute Gasteiger partial charge is 0.451 e. The lowest BCUT2D eigenvalue weighted by molar-refractivity contribution is 0.0318. The van der Waals surface area contributed by atoms with Gasteiger partial charge in [-0.05, 0) is 68.7 Å². The van der Waals surface area contributed by atoms with Crippen LogP contribution in [0, 0.1) is 20.8 Å². The van der Waals surface area contributed by atoms with E-state index >= 15 is 0 Å². The maximum atomic E-state index is 12.7. The molecule has 1 atom stereocenters. The zero-order valence-corrected chi connectivity index (χ0v) is 17.4. The molecule has 0 aliphatic rings. The highest BCUT2D eigenvalue weighted by atomic mass is 35.5. The highest BCUT2D eigenvalue weighted by Gasteiger charge is 2.23. The molecule has 27 heavy (non-hydrogen) atoms. The van der Waals surface area contributed by atoms with Gasteiger partial charge in [-0.15, -0.1) is 0 Å². The van der Waals surface area contributed by atoms with Crippen LogP contribution in [0.1, 0.15) is 44.3 Å². The molecule has 2 aromatic rings. The summed E-state index contributed by atoms with van der Waals surface area (Å²) in [5, 5.41) is 0.0175. The van der Waals surface area contributed by atoms with Crippen molar-refractivity contribution in [2.75, 3.05) is 6.26 Å². The van der Waals surface area contributed by atoms with Gasteiger partial charge in [-0.3, -0.25) is 4.79 Å². The molecule has 0 saturated carbocycles. The molecule has 5 nitrogen and oxygen atoms in total. The molecule has 0 aromatic heterocycles. The summed E-state index contributed by atoms with van der Waals surface area (Å²) in [6, 6.07) is 7.51. The Morgan fingerprint density at radius 2 is 1.59 bits per heavy atom. The molecule has 0 bridgehead atoms. The predicted octanol–water partition coefficient (Wildman–Crippen LogP) is 4.10. The Labute approximate surface area is 164 Å². The fourth-order valence-electron chi connectivity index (χ4n) is 2.64. The molecule has 2 aromatic carbocycles. The first kappa shape index (κ1) is 21.1. The van der Waals surface area contributed by atoms with Crippen molar-refractivity contribution < 1.29 is 22.7 Å². The van der Waals surface area contributed by atoms with Gasteiger partial charge in [0.25, 0.3) is 0 Å². The van der Waals surface area contributed by atoms with E-state index < -0.39 is 21.9 Å². The SMILES string of the molecule is Cc1cc(C)c(C(=O)C(C)OC(=O)c2ccc(Cl)c(S(C)(=O)=O)c2)cc1C. The van der Waals surface area contributed by atoms with Crippen molar-refractivity contribution in [2.24, 2.45) is 0 Å². The lowest BCUT2D eigenvalue weighted by Crippen LogP contribution is -2.25. The molecule has 2 rings (SSSR count). The molecule has 0 saturated heterocycles. The normalized spacial score (nSPS) is 12.5. The number of Topliss-reactive ketones (excluding diaryl/α,β-unsaturated/α-hetero) is 1. The van der Waals surface area contributed by atoms with Gasteiger partial charge in [-0.25, -0.2) is 13.2 Å². The van der Waals surface area contributed by atoms with E-state index in [0.717, 1.165) is 29.0 Å². The Bertz CT molecular complexity index is 1020. The first-order valence-electron chi connectivity index (χ1n) is 8.24. The molecule has 0 radical (unpaired) electrons. The van der Waals surface area contributed by atoms with Gasteiger partial charge in [0, 0.05) is 11.8 Å². The molecule has 0 heterocycles. The van der Waals surface area contributed by atoms with Crippen LogP contribution in [-0.2, 0) is 14.6 Å². The number of aryl methyl sites for hydroxylation is 3. The first-order valence-corrected chi connectivity index (χ1v) is 10.5. The van der Waals surface area contributed by atoms with Crippen LogP contribution >= 0.6 is 11.6 Å². The van der Waals surface area contributed by atoms with Gasteiger partial charge in [0.15, 0.2) is 15.9 Å². The number of halogens is 1. The van der Waals surface area contributed by atoms with Crippen LogP contribution in [0.5, 0.6) is 0 Å². The number of ketones is 1. The minimum Gasteiger partial charge on any atom is -0.451 e. The van der Waals surface area contributed by atoms with Crippen LogP contribution in [0.2, 0.25) is 5.02 Å². The summed E-state index contributed by atoms with van der Waals surface area (Å²) in [6.07, 6.45) is -0.0199. The molecule has 144 valence electrons. The summed E-state index contributed by atoms with van der Waals surface area (Å²) in [6.45, 7) is 7.18. The van der Waals surface area contributed by atoms with Crippen molar-refractivity contribution in [3.05, 3.63) is 63.2 Å². The van der Waals surface area contributed by atoms with Gasteiger partial charge in [-0.2, -0.15) is 0 Å². The van der Waals surface area contributed by atoms with Crippen molar-refractivity contribution in [1.29, 1.82) is 0 Å². The summed E-state index contributed by atoms with van der Waals surface area (Å²) < 4.78 is 28.8. The second-order valence-electron chi connectivity index (χ2n) is 6.58. The van der Waals surface area contributed by atoms with Crippen molar-refractivity contribution in [3.63, 3.8) is 0 Å². The zero-order chi connectivity index (χ0) is 20.5. The fourth-order valence-corrected chi connectivity index (χ4v) is 3.94. The van der Waals surface area contributed by atoms with Crippen LogP contribution in [0.4, 0.5) is 0 Å². The molecule has 0 aliphatic heterocycles. The van der Waals surface area contributed by atoms with Crippen LogP contribution in [0.15, 0.2) is 35.2 Å². The Hall–Kier alpha value is -2.18. The van der Waals surface area contributed by atoms with Gasteiger partial charge >= 0.3 is 5.97 Å². The smallest absolute Gasteiger partial charge is 0.338 e. The summed E-state index contributed by atoms with van der Waals surface area (Å²) in [5.41, 5.74) is 3.35. The van der Waals surface area contributed by atoms with E-state index in [4.69, 9.17) is 16.3 Å². The van der Waals surface area contributed by atoms with Crippen LogP contribution in [0.25, 0.3) is 0 Å². The fraction of sp³-hybridized carbons (Fsp3) is 0.300. The van der Waals surface area contributed by atoms with E-state index in [1.165, 1.54) is 19.1 Å². The van der Waals surface area contributed by atoms with Gasteiger partial charge in [0.2, 0.25) is 5.78 Å². The highest BCUT2D eigenvalue weighted by molar-refractivity contribution is 7.90. The summed E-state index contributed by atoms with van der Waals surface area (Å²) in [4.78, 5) is 24.9. The summed E-state index contributed by atoms with van der Waals surface area (Å²) in [7, 11) is -3.60. The summed E-state index contributed by atoms with van der Waals surface area (Å²) in [5.74, 6) is -1.11. The Morgan fingerprint density at radius 3 is 2.19 bits per heavy atom. The van der Waals surface area contributed by atoms with Gasteiger partial charge in [-0.1, -0.05) is 17.7 Å². The molecule has 0 aliphatic carbocycles. The third-order valence-corrected chi connectivity index (χ3v) is 5.90. The quantitative estimate of drug-likeness (QED) is 0.549. The monoisotopic (exact) mass is 408 g/mol. The molecule has 7 heteroatoms. The van der Waals surface area contributed by atoms with E-state index in [-0.39, 0.29) is 21.3 Å². The molecule has 0 N–H and O–H groups in total. The number of sulfone groups is 1. The predicted molar refractivity (Wildman–Crippen MR) is 104 cm³/mol. The minimum atomic E-state index is -3.60. The number of hydrogen-bond donors (Lipinski definition) is 0. The summed E-state index contributed by atoms with van der Waals surface area (Å²) >= 11 is 5.88. The van der Waals surface area contributed by atoms with Gasteiger partial charge < -0.3 is 4.74 Å². The first-order chi connectivity index (χ1) is 12.4. The maximum Gasteiger partial charge on any atom is 0.338 e. The molecular formula is C20H21ClO5S. The molecular weight excluding hydrogens is 388 g/mol. The number of ether oxygens (including phenoxy) is 1. The highest BCUT2D eigenvalue weighted by Crippen LogP contribution is 2.24. The second kappa shape index (κ2) is 7.82. The van der Waals surface area contributed by atoms with Gasteiger partial charge in [0.05, 0.1) is 15.5 Å². The van der Waals surface area contributed by atoms with Crippen molar-refractivity contribution in [2.45, 2.75) is 38.7 Å². The minimum absolute atomic E-state index is 0.0104. The van der Waals surface area contributed by atoms with Crippen molar-refractivity contribution in [3.8, 4) is 0 Å². The number of carbonyl (C=O) groups excluding carboxylic acids is 2. The average molecular weight is 409 g/mol. The third-order valence-electron chi connectivity index (χ3n) is 4.33. The lowest BCUT2D eigenvalue weighted by Gasteiger charge is -2.15. The van der Waals surface area contributed by atoms with Crippen LogP contribution in [0.3, 0.4) is 0 Å². The molecule has 0 fully saturated rings. The Balaban J connectivity index is 2.26. The van der Waals surface area contributed by atoms with E-state index in [9.17, 15) is 18.0 Å². The Morgan fingerprint density at radius 1 is 1.00 bits per heavy atom. The lowest BCUT2D eigenvalue weighted by atomic mass is 9.96. The standard InChI is InChI=1S/C20H21ClO5S/c1-11-8-13(3)16(9-12(11)2)19(22)14(4)26-20(23)15-6-7-17(21)18(10-15)27(5,24)25/h6-10,14H,1-5H3. The molecule has 0 amide bonds.